The van der Waals surface area contributed by atoms with Crippen LogP contribution in [0.4, 0.5) is 5.69 Å². The lowest BCUT2D eigenvalue weighted by molar-refractivity contribution is -0.118. The van der Waals surface area contributed by atoms with Gasteiger partial charge in [0, 0.05) is 17.6 Å². The van der Waals surface area contributed by atoms with E-state index < -0.39 is 0 Å². The van der Waals surface area contributed by atoms with Crippen LogP contribution in [0.2, 0.25) is 0 Å². The predicted octanol–water partition coefficient (Wildman–Crippen LogP) is 1.44. The fourth-order valence-corrected chi connectivity index (χ4v) is 2.36. The number of carbonyl (C=O) groups excluding carboxylic acids is 1. The van der Waals surface area contributed by atoms with Crippen LogP contribution < -0.4 is 11.1 Å². The Hall–Kier alpha value is -1.82. The Kier molecular flexibility index (Phi) is 3.99. The summed E-state index contributed by atoms with van der Waals surface area (Å²) in [5.41, 5.74) is 7.25. The number of nitrogens with zero attached hydrogens (tertiary/aromatic N) is 2. The number of hydrogen-bond donors (Lipinski definition) is 2. The van der Waals surface area contributed by atoms with Crippen LogP contribution in [0.1, 0.15) is 6.92 Å². The zero-order chi connectivity index (χ0) is 13.0. The van der Waals surface area contributed by atoms with Crippen LogP contribution >= 0.6 is 11.8 Å². The number of amides is 1. The van der Waals surface area contributed by atoms with Crippen molar-refractivity contribution in [3.05, 3.63) is 24.5 Å². The van der Waals surface area contributed by atoms with Crippen molar-refractivity contribution in [1.29, 1.82) is 0 Å². The molecule has 0 unspecified atom stereocenters. The second kappa shape index (κ2) is 5.68. The van der Waals surface area contributed by atoms with E-state index in [4.69, 9.17) is 5.73 Å². The Morgan fingerprint density at radius 2 is 2.28 bits per heavy atom. The molecule has 0 fully saturated rings. The number of anilines is 1. The molecule has 1 amide bonds. The molecule has 0 aliphatic carbocycles. The van der Waals surface area contributed by atoms with E-state index in [1.54, 1.807) is 6.07 Å². The number of nitrogens with two attached hydrogens (primary N) is 1. The molecule has 0 aliphatic rings. The maximum absolute atomic E-state index is 11.4. The van der Waals surface area contributed by atoms with Crippen molar-refractivity contribution in [3.63, 3.8) is 0 Å². The molecular formula is C12H14N4OS. The van der Waals surface area contributed by atoms with Gasteiger partial charge in [0.1, 0.15) is 11.4 Å². The molecule has 1 aromatic carbocycles. The number of rotatable bonds is 4. The summed E-state index contributed by atoms with van der Waals surface area (Å²) in [6.07, 6.45) is 1.50. The number of benzene rings is 1. The minimum atomic E-state index is -0.00170. The van der Waals surface area contributed by atoms with Gasteiger partial charge in [0.05, 0.1) is 11.3 Å². The number of nitrogens with one attached hydrogen (secondary N) is 1. The molecular weight excluding hydrogens is 248 g/mol. The fourth-order valence-electron chi connectivity index (χ4n) is 1.55. The van der Waals surface area contributed by atoms with Crippen molar-refractivity contribution in [3.8, 4) is 0 Å². The smallest absolute Gasteiger partial charge is 0.230 e. The highest BCUT2D eigenvalue weighted by Gasteiger charge is 2.07. The Labute approximate surface area is 109 Å². The molecule has 1 heterocycles. The van der Waals surface area contributed by atoms with Crippen LogP contribution in [0.25, 0.3) is 10.9 Å². The number of hydrogen-bond acceptors (Lipinski definition) is 5. The summed E-state index contributed by atoms with van der Waals surface area (Å²) in [6.45, 7) is 2.53. The van der Waals surface area contributed by atoms with E-state index in [0.717, 1.165) is 15.9 Å². The summed E-state index contributed by atoms with van der Waals surface area (Å²) >= 11 is 1.39. The van der Waals surface area contributed by atoms with Crippen molar-refractivity contribution >= 4 is 34.3 Å². The summed E-state index contributed by atoms with van der Waals surface area (Å²) in [7, 11) is 0. The van der Waals surface area contributed by atoms with Gasteiger partial charge in [-0.05, 0) is 25.1 Å². The Morgan fingerprint density at radius 1 is 1.44 bits per heavy atom. The molecule has 5 nitrogen and oxygen atoms in total. The average Bonchev–Trinajstić information content (AvgIpc) is 2.36. The molecule has 0 bridgehead atoms. The lowest BCUT2D eigenvalue weighted by Gasteiger charge is -2.05. The van der Waals surface area contributed by atoms with Crippen molar-refractivity contribution in [2.75, 3.05) is 18.0 Å². The second-order valence-electron chi connectivity index (χ2n) is 3.70. The van der Waals surface area contributed by atoms with Gasteiger partial charge < -0.3 is 11.1 Å². The van der Waals surface area contributed by atoms with Crippen LogP contribution in [0.15, 0.2) is 29.6 Å². The van der Waals surface area contributed by atoms with Crippen molar-refractivity contribution < 1.29 is 4.79 Å². The van der Waals surface area contributed by atoms with Gasteiger partial charge in [-0.15, -0.1) is 0 Å². The highest BCUT2D eigenvalue weighted by molar-refractivity contribution is 8.00. The van der Waals surface area contributed by atoms with Gasteiger partial charge in [0.2, 0.25) is 5.91 Å². The summed E-state index contributed by atoms with van der Waals surface area (Å²) in [6, 6.07) is 5.48. The lowest BCUT2D eigenvalue weighted by atomic mass is 10.2. The zero-order valence-electron chi connectivity index (χ0n) is 10.0. The van der Waals surface area contributed by atoms with Crippen LogP contribution in [0.5, 0.6) is 0 Å². The Bertz CT molecular complexity index is 573. The first kappa shape index (κ1) is 12.6. The Morgan fingerprint density at radius 3 is 3.06 bits per heavy atom. The fraction of sp³-hybridized carbons (Fsp3) is 0.250. The van der Waals surface area contributed by atoms with E-state index in [1.165, 1.54) is 18.1 Å². The van der Waals surface area contributed by atoms with E-state index in [2.05, 4.69) is 15.3 Å². The molecule has 6 heteroatoms. The first-order chi connectivity index (χ1) is 8.70. The van der Waals surface area contributed by atoms with Gasteiger partial charge in [-0.2, -0.15) is 0 Å². The van der Waals surface area contributed by atoms with Gasteiger partial charge in [0.25, 0.3) is 0 Å². The molecule has 2 rings (SSSR count). The van der Waals surface area contributed by atoms with Gasteiger partial charge in [0.15, 0.2) is 0 Å². The molecule has 0 aliphatic heterocycles. The van der Waals surface area contributed by atoms with E-state index in [0.29, 0.717) is 18.0 Å². The minimum absolute atomic E-state index is 0.00170. The largest absolute Gasteiger partial charge is 0.399 e. The third kappa shape index (κ3) is 2.89. The molecule has 2 aromatic rings. The number of carbonyl (C=O) groups is 1. The first-order valence-corrected chi connectivity index (χ1v) is 6.59. The Balaban J connectivity index is 2.22. The molecule has 0 atom stereocenters. The third-order valence-corrected chi connectivity index (χ3v) is 3.34. The maximum atomic E-state index is 11.4. The first-order valence-electron chi connectivity index (χ1n) is 5.60. The van der Waals surface area contributed by atoms with Gasteiger partial charge in [-0.3, -0.25) is 4.79 Å². The number of nitrogen functional groups attached to an aromatic ring is 1. The molecule has 94 valence electrons. The van der Waals surface area contributed by atoms with Crippen molar-refractivity contribution in [1.82, 2.24) is 15.3 Å². The van der Waals surface area contributed by atoms with Crippen LogP contribution in [-0.2, 0) is 4.79 Å². The normalized spacial score (nSPS) is 10.5. The van der Waals surface area contributed by atoms with Crippen LogP contribution in [-0.4, -0.2) is 28.2 Å². The molecule has 0 radical (unpaired) electrons. The lowest BCUT2D eigenvalue weighted by Crippen LogP contribution is -2.24. The quantitative estimate of drug-likeness (QED) is 0.495. The van der Waals surface area contributed by atoms with E-state index in [9.17, 15) is 4.79 Å². The topological polar surface area (TPSA) is 80.9 Å². The molecule has 18 heavy (non-hydrogen) atoms. The van der Waals surface area contributed by atoms with E-state index >= 15 is 0 Å². The summed E-state index contributed by atoms with van der Waals surface area (Å²) in [4.78, 5) is 19.8. The van der Waals surface area contributed by atoms with Gasteiger partial charge in [-0.25, -0.2) is 9.97 Å². The van der Waals surface area contributed by atoms with E-state index in [1.807, 2.05) is 19.1 Å². The summed E-state index contributed by atoms with van der Waals surface area (Å²) in [5.74, 6) is 0.340. The standard InChI is InChI=1S/C12H14N4OS/c1-2-14-11(17)6-18-12-9-5-8(13)3-4-10(9)15-7-16-12/h3-5,7H,2,6,13H2,1H3,(H,14,17). The number of fused-ring (bicyclic) bond motifs is 1. The zero-order valence-corrected chi connectivity index (χ0v) is 10.8. The molecule has 3 N–H and O–H groups in total. The maximum Gasteiger partial charge on any atom is 0.230 e. The monoisotopic (exact) mass is 262 g/mol. The average molecular weight is 262 g/mol. The molecule has 0 saturated carbocycles. The SMILES string of the molecule is CCNC(=O)CSc1ncnc2ccc(N)cc12. The number of thioether (sulfide) groups is 1. The highest BCUT2D eigenvalue weighted by atomic mass is 32.2. The minimum Gasteiger partial charge on any atom is -0.399 e. The third-order valence-electron chi connectivity index (χ3n) is 2.34. The summed E-state index contributed by atoms with van der Waals surface area (Å²) in [5, 5.41) is 4.41. The van der Waals surface area contributed by atoms with E-state index in [-0.39, 0.29) is 5.91 Å². The predicted molar refractivity (Wildman–Crippen MR) is 73.4 cm³/mol. The van der Waals surface area contributed by atoms with Crippen LogP contribution in [0, 0.1) is 0 Å². The van der Waals surface area contributed by atoms with Crippen LogP contribution in [0.3, 0.4) is 0 Å². The number of aromatic nitrogens is 2. The van der Waals surface area contributed by atoms with Gasteiger partial charge in [-0.1, -0.05) is 11.8 Å². The van der Waals surface area contributed by atoms with Crippen molar-refractivity contribution in [2.45, 2.75) is 11.9 Å². The second-order valence-corrected chi connectivity index (χ2v) is 4.66. The van der Waals surface area contributed by atoms with Gasteiger partial charge >= 0.3 is 0 Å². The molecule has 0 spiro atoms. The molecule has 0 saturated heterocycles. The summed E-state index contributed by atoms with van der Waals surface area (Å²) < 4.78 is 0. The molecule has 1 aromatic heterocycles. The van der Waals surface area contributed by atoms with Crippen molar-refractivity contribution in [2.24, 2.45) is 0 Å². The highest BCUT2D eigenvalue weighted by Crippen LogP contribution is 2.25.